The summed E-state index contributed by atoms with van der Waals surface area (Å²) in [6, 6.07) is 0.189. The summed E-state index contributed by atoms with van der Waals surface area (Å²) in [5, 5.41) is 23.4. The first-order chi connectivity index (χ1) is 12.7. The average molecular weight is 378 g/mol. The molecule has 8 atom stereocenters. The number of aliphatic hydroxyl groups excluding tert-OH is 1. The Morgan fingerprint density at radius 3 is 2.67 bits per heavy atom. The minimum Gasteiger partial charge on any atom is -0.393 e. The Bertz CT molecular complexity index is 661. The Kier molecular flexibility index (Phi) is 4.60. The zero-order valence-corrected chi connectivity index (χ0v) is 17.0. The van der Waals surface area contributed by atoms with Crippen LogP contribution in [0, 0.1) is 34.0 Å². The van der Waals surface area contributed by atoms with Crippen LogP contribution in [-0.2, 0) is 9.57 Å². The number of hydrogen-bond acceptors (Lipinski definition) is 6. The van der Waals surface area contributed by atoms with Gasteiger partial charge < -0.3 is 20.6 Å². The molecule has 152 valence electrons. The monoisotopic (exact) mass is 377 g/mol. The Morgan fingerprint density at radius 2 is 2.04 bits per heavy atom. The van der Waals surface area contributed by atoms with Gasteiger partial charge in [-0.25, -0.2) is 5.90 Å². The number of ether oxygens (including phenoxy) is 1. The third-order valence-corrected chi connectivity index (χ3v) is 8.81. The lowest BCUT2D eigenvalue weighted by molar-refractivity contribution is -0.247. The van der Waals surface area contributed by atoms with Crippen molar-refractivity contribution < 1.29 is 14.7 Å². The third-order valence-electron chi connectivity index (χ3n) is 8.81. The third kappa shape index (κ3) is 2.53. The zero-order valence-electron chi connectivity index (χ0n) is 17.0. The number of nitrogens with one attached hydrogen (secondary N) is 2. The van der Waals surface area contributed by atoms with Crippen molar-refractivity contribution in [2.75, 3.05) is 14.2 Å². The SMILES string of the molecule is CN[C@@H]1C=C2CC(OC)(ON)CCC2(C)C2C1C1CCC(=N)C1(C)C[C@H]2O. The molecule has 0 saturated heterocycles. The summed E-state index contributed by atoms with van der Waals surface area (Å²) < 4.78 is 5.65. The first kappa shape index (κ1) is 19.5. The molecule has 0 amide bonds. The molecule has 0 heterocycles. The van der Waals surface area contributed by atoms with E-state index in [4.69, 9.17) is 20.9 Å². The molecule has 0 aromatic rings. The van der Waals surface area contributed by atoms with E-state index in [1.807, 2.05) is 7.05 Å². The van der Waals surface area contributed by atoms with Crippen LogP contribution >= 0.6 is 0 Å². The van der Waals surface area contributed by atoms with Gasteiger partial charge >= 0.3 is 0 Å². The van der Waals surface area contributed by atoms with Crippen LogP contribution in [0.15, 0.2) is 11.6 Å². The van der Waals surface area contributed by atoms with Crippen LogP contribution in [0.2, 0.25) is 0 Å². The fourth-order valence-corrected chi connectivity index (χ4v) is 7.16. The molecule has 4 aliphatic carbocycles. The predicted molar refractivity (Wildman–Crippen MR) is 104 cm³/mol. The smallest absolute Gasteiger partial charge is 0.190 e. The van der Waals surface area contributed by atoms with Crippen LogP contribution in [0.25, 0.3) is 0 Å². The molecule has 6 heteroatoms. The van der Waals surface area contributed by atoms with Crippen molar-refractivity contribution in [3.8, 4) is 0 Å². The summed E-state index contributed by atoms with van der Waals surface area (Å²) >= 11 is 0. The number of rotatable bonds is 3. The fraction of sp³-hybridized carbons (Fsp3) is 0.857. The highest BCUT2D eigenvalue weighted by Crippen LogP contribution is 2.64. The summed E-state index contributed by atoms with van der Waals surface area (Å²) in [5.41, 5.74) is 1.88. The van der Waals surface area contributed by atoms with E-state index in [2.05, 4.69) is 25.2 Å². The van der Waals surface area contributed by atoms with Crippen LogP contribution in [0.4, 0.5) is 0 Å². The highest BCUT2D eigenvalue weighted by molar-refractivity contribution is 5.89. The Balaban J connectivity index is 1.78. The molecule has 0 radical (unpaired) electrons. The van der Waals surface area contributed by atoms with Crippen molar-refractivity contribution in [2.45, 2.75) is 70.3 Å². The van der Waals surface area contributed by atoms with Gasteiger partial charge in [-0.3, -0.25) is 4.84 Å². The molecular weight excluding hydrogens is 342 g/mol. The highest BCUT2D eigenvalue weighted by Gasteiger charge is 2.63. The van der Waals surface area contributed by atoms with Crippen molar-refractivity contribution in [3.63, 3.8) is 0 Å². The van der Waals surface area contributed by atoms with Crippen molar-refractivity contribution in [1.29, 1.82) is 5.41 Å². The van der Waals surface area contributed by atoms with Crippen molar-refractivity contribution in [2.24, 2.45) is 34.5 Å². The van der Waals surface area contributed by atoms with Gasteiger partial charge in [0.15, 0.2) is 5.79 Å². The second-order valence-corrected chi connectivity index (χ2v) is 9.75. The second kappa shape index (κ2) is 6.36. The largest absolute Gasteiger partial charge is 0.393 e. The minimum absolute atomic E-state index is 0.0793. The Hall–Kier alpha value is -0.790. The molecule has 4 aliphatic rings. The number of nitrogens with two attached hydrogens (primary N) is 1. The van der Waals surface area contributed by atoms with Crippen LogP contribution in [-0.4, -0.2) is 42.9 Å². The van der Waals surface area contributed by atoms with Crippen LogP contribution in [0.5, 0.6) is 0 Å². The fourth-order valence-electron chi connectivity index (χ4n) is 7.16. The number of methoxy groups -OCH3 is 1. The van der Waals surface area contributed by atoms with Gasteiger partial charge in [-0.15, -0.1) is 0 Å². The molecule has 6 unspecified atom stereocenters. The zero-order chi connectivity index (χ0) is 19.6. The molecule has 0 bridgehead atoms. The van der Waals surface area contributed by atoms with E-state index < -0.39 is 11.9 Å². The molecule has 3 saturated carbocycles. The van der Waals surface area contributed by atoms with Gasteiger partial charge in [0.1, 0.15) is 0 Å². The Labute approximate surface area is 162 Å². The van der Waals surface area contributed by atoms with Crippen molar-refractivity contribution in [3.05, 3.63) is 11.6 Å². The summed E-state index contributed by atoms with van der Waals surface area (Å²) in [7, 11) is 3.66. The van der Waals surface area contributed by atoms with Crippen LogP contribution in [0.3, 0.4) is 0 Å². The predicted octanol–water partition coefficient (Wildman–Crippen LogP) is 2.37. The lowest BCUT2D eigenvalue weighted by atomic mass is 9.46. The molecule has 5 N–H and O–H groups in total. The maximum atomic E-state index is 11.4. The van der Waals surface area contributed by atoms with Gasteiger partial charge in [0, 0.05) is 37.1 Å². The molecule has 0 aliphatic heterocycles. The van der Waals surface area contributed by atoms with Crippen molar-refractivity contribution >= 4 is 5.71 Å². The minimum atomic E-state index is -0.764. The summed E-state index contributed by atoms with van der Waals surface area (Å²) in [6.45, 7) is 4.52. The average Bonchev–Trinajstić information content (AvgIpc) is 2.95. The molecular formula is C21H35N3O3. The van der Waals surface area contributed by atoms with Gasteiger partial charge in [0.05, 0.1) is 6.10 Å². The molecule has 27 heavy (non-hydrogen) atoms. The lowest BCUT2D eigenvalue weighted by Gasteiger charge is -2.61. The number of aliphatic hydroxyl groups is 1. The maximum absolute atomic E-state index is 11.4. The highest BCUT2D eigenvalue weighted by atomic mass is 16.8. The first-order valence-electron chi connectivity index (χ1n) is 10.3. The summed E-state index contributed by atoms with van der Waals surface area (Å²) in [6.07, 6.45) is 6.86. The normalized spacial score (nSPS) is 52.0. The molecule has 6 nitrogen and oxygen atoms in total. The van der Waals surface area contributed by atoms with Gasteiger partial charge in [-0.2, -0.15) is 0 Å². The van der Waals surface area contributed by atoms with Gasteiger partial charge in [0.25, 0.3) is 0 Å². The first-order valence-corrected chi connectivity index (χ1v) is 10.3. The van der Waals surface area contributed by atoms with Crippen LogP contribution in [0.1, 0.15) is 52.4 Å². The Morgan fingerprint density at radius 1 is 1.30 bits per heavy atom. The van der Waals surface area contributed by atoms with Crippen LogP contribution < -0.4 is 11.2 Å². The molecule has 0 aromatic heterocycles. The molecule has 4 rings (SSSR count). The van der Waals surface area contributed by atoms with E-state index in [1.165, 1.54) is 5.57 Å². The standard InChI is InChI=1S/C21H35N3O3/c1-19-7-8-21(26-4,27-23)10-12(19)9-14(24-3)17-13-5-6-16(22)20(13,2)11-15(25)18(17)19/h9,13-15,17-18,22,24-25H,5-8,10-11,23H2,1-4H3/t13?,14-,15-,17?,18?,19?,20?,21?/m1/s1. The number of likely N-dealkylation sites (N-methyl/N-ethyl adjacent to an activating group) is 1. The second-order valence-electron chi connectivity index (χ2n) is 9.75. The van der Waals surface area contributed by atoms with E-state index in [0.29, 0.717) is 24.7 Å². The van der Waals surface area contributed by atoms with Gasteiger partial charge in [-0.05, 0) is 55.9 Å². The van der Waals surface area contributed by atoms with E-state index in [0.717, 1.165) is 31.4 Å². The van der Waals surface area contributed by atoms with E-state index >= 15 is 0 Å². The van der Waals surface area contributed by atoms with Gasteiger partial charge in [0.2, 0.25) is 0 Å². The van der Waals surface area contributed by atoms with Gasteiger partial charge in [-0.1, -0.05) is 25.5 Å². The maximum Gasteiger partial charge on any atom is 0.190 e. The number of fused-ring (bicyclic) bond motifs is 5. The quantitative estimate of drug-likeness (QED) is 0.344. The lowest BCUT2D eigenvalue weighted by Crippen LogP contribution is -2.62. The topological polar surface area (TPSA) is 101 Å². The van der Waals surface area contributed by atoms with E-state index in [9.17, 15) is 5.11 Å². The summed E-state index contributed by atoms with van der Waals surface area (Å²) in [5.74, 6) is 5.82. The summed E-state index contributed by atoms with van der Waals surface area (Å²) in [4.78, 5) is 5.28. The molecule has 0 spiro atoms. The molecule has 3 fully saturated rings. The molecule has 0 aromatic carbocycles. The van der Waals surface area contributed by atoms with E-state index in [1.54, 1.807) is 7.11 Å². The number of hydrogen-bond donors (Lipinski definition) is 4. The van der Waals surface area contributed by atoms with Crippen molar-refractivity contribution in [1.82, 2.24) is 5.32 Å². The van der Waals surface area contributed by atoms with E-state index in [-0.39, 0.29) is 22.8 Å².